The minimum Gasteiger partial charge on any atom is -0.476 e. The molecule has 0 radical (unpaired) electrons. The fraction of sp³-hybridized carbons (Fsp3) is 0.714. The first kappa shape index (κ1) is 13.3. The third-order valence-corrected chi connectivity index (χ3v) is 3.37. The van der Waals surface area contributed by atoms with Crippen LogP contribution in [0, 0.1) is 5.92 Å². The van der Waals surface area contributed by atoms with Gasteiger partial charge in [-0.1, -0.05) is 19.8 Å². The minimum atomic E-state index is 0.654. The van der Waals surface area contributed by atoms with Gasteiger partial charge in [0, 0.05) is 12.6 Å². The Hall–Kier alpha value is -1.16. The highest BCUT2D eigenvalue weighted by molar-refractivity contribution is 5.11. The minimum absolute atomic E-state index is 0.654. The van der Waals surface area contributed by atoms with Crippen molar-refractivity contribution in [2.24, 2.45) is 5.92 Å². The summed E-state index contributed by atoms with van der Waals surface area (Å²) in [5.41, 5.74) is 0.969. The zero-order valence-electron chi connectivity index (χ0n) is 11.2. The molecule has 0 amide bonds. The van der Waals surface area contributed by atoms with Gasteiger partial charge in [0.15, 0.2) is 0 Å². The Balaban J connectivity index is 1.72. The molecule has 1 heterocycles. The first-order chi connectivity index (χ1) is 8.88. The number of hydrogen-bond donors (Lipinski definition) is 1. The quantitative estimate of drug-likeness (QED) is 0.754. The summed E-state index contributed by atoms with van der Waals surface area (Å²) in [6, 6.07) is 3.91. The third-order valence-electron chi connectivity index (χ3n) is 3.37. The molecule has 0 saturated heterocycles. The van der Waals surface area contributed by atoms with Crippen molar-refractivity contribution in [1.82, 2.24) is 15.5 Å². The SMILES string of the molecule is CCCNCc1ccc(OCC2CCCC2)nn1. The molecule has 1 aromatic rings. The molecule has 18 heavy (non-hydrogen) atoms. The maximum Gasteiger partial charge on any atom is 0.233 e. The van der Waals surface area contributed by atoms with Crippen molar-refractivity contribution in [1.29, 1.82) is 0 Å². The second-order valence-electron chi connectivity index (χ2n) is 5.00. The predicted octanol–water partition coefficient (Wildman–Crippen LogP) is 2.55. The summed E-state index contributed by atoms with van der Waals surface area (Å²) in [7, 11) is 0. The first-order valence-electron chi connectivity index (χ1n) is 7.04. The number of aromatic nitrogens is 2. The van der Waals surface area contributed by atoms with E-state index in [1.807, 2.05) is 12.1 Å². The average molecular weight is 249 g/mol. The van der Waals surface area contributed by atoms with Crippen LogP contribution in [0.25, 0.3) is 0 Å². The molecule has 1 aromatic heterocycles. The van der Waals surface area contributed by atoms with Gasteiger partial charge in [0.1, 0.15) is 0 Å². The summed E-state index contributed by atoms with van der Waals surface area (Å²) in [6.07, 6.45) is 6.43. The van der Waals surface area contributed by atoms with E-state index in [0.717, 1.165) is 37.7 Å². The van der Waals surface area contributed by atoms with Crippen LogP contribution < -0.4 is 10.1 Å². The van der Waals surface area contributed by atoms with Crippen molar-refractivity contribution in [2.75, 3.05) is 13.2 Å². The summed E-state index contributed by atoms with van der Waals surface area (Å²) < 4.78 is 5.68. The fourth-order valence-corrected chi connectivity index (χ4v) is 2.29. The molecular weight excluding hydrogens is 226 g/mol. The molecule has 0 atom stereocenters. The number of ether oxygens (including phenoxy) is 1. The van der Waals surface area contributed by atoms with Crippen LogP contribution in [0.15, 0.2) is 12.1 Å². The van der Waals surface area contributed by atoms with Gasteiger partial charge in [0.2, 0.25) is 5.88 Å². The molecule has 0 unspecified atom stereocenters. The fourth-order valence-electron chi connectivity index (χ4n) is 2.29. The molecule has 0 aliphatic heterocycles. The second kappa shape index (κ2) is 7.31. The second-order valence-corrected chi connectivity index (χ2v) is 5.00. The Bertz CT molecular complexity index is 333. The molecule has 100 valence electrons. The molecule has 1 aliphatic rings. The Morgan fingerprint density at radius 2 is 2.11 bits per heavy atom. The van der Waals surface area contributed by atoms with Gasteiger partial charge < -0.3 is 10.1 Å². The number of nitrogens with one attached hydrogen (secondary N) is 1. The van der Waals surface area contributed by atoms with Crippen LogP contribution in [-0.4, -0.2) is 23.3 Å². The molecule has 2 rings (SSSR count). The number of hydrogen-bond acceptors (Lipinski definition) is 4. The Morgan fingerprint density at radius 1 is 1.28 bits per heavy atom. The van der Waals surface area contributed by atoms with E-state index in [4.69, 9.17) is 4.74 Å². The third kappa shape index (κ3) is 4.26. The maximum absolute atomic E-state index is 5.68. The number of nitrogens with zero attached hydrogens (tertiary/aromatic N) is 2. The molecule has 4 heteroatoms. The molecule has 0 bridgehead atoms. The van der Waals surface area contributed by atoms with Gasteiger partial charge in [0.25, 0.3) is 0 Å². The molecule has 4 nitrogen and oxygen atoms in total. The van der Waals surface area contributed by atoms with Gasteiger partial charge in [-0.05, 0) is 37.8 Å². The standard InChI is InChI=1S/C14H23N3O/c1-2-9-15-10-13-7-8-14(17-16-13)18-11-12-5-3-4-6-12/h7-8,12,15H,2-6,9-11H2,1H3. The van der Waals surface area contributed by atoms with Gasteiger partial charge in [-0.2, -0.15) is 5.10 Å². The topological polar surface area (TPSA) is 47.0 Å². The Kier molecular flexibility index (Phi) is 5.39. The monoisotopic (exact) mass is 249 g/mol. The smallest absolute Gasteiger partial charge is 0.233 e. The lowest BCUT2D eigenvalue weighted by Crippen LogP contribution is -2.15. The van der Waals surface area contributed by atoms with Crippen molar-refractivity contribution in [2.45, 2.75) is 45.6 Å². The highest BCUT2D eigenvalue weighted by Crippen LogP contribution is 2.25. The largest absolute Gasteiger partial charge is 0.476 e. The average Bonchev–Trinajstić information content (AvgIpc) is 2.91. The van der Waals surface area contributed by atoms with Crippen LogP contribution in [0.2, 0.25) is 0 Å². The lowest BCUT2D eigenvalue weighted by atomic mass is 10.1. The van der Waals surface area contributed by atoms with E-state index in [1.54, 1.807) is 0 Å². The molecule has 0 aromatic carbocycles. The van der Waals surface area contributed by atoms with Crippen LogP contribution in [0.3, 0.4) is 0 Å². The summed E-state index contributed by atoms with van der Waals surface area (Å²) >= 11 is 0. The van der Waals surface area contributed by atoms with Crippen molar-refractivity contribution in [3.8, 4) is 5.88 Å². The lowest BCUT2D eigenvalue weighted by molar-refractivity contribution is 0.241. The zero-order valence-corrected chi connectivity index (χ0v) is 11.2. The van der Waals surface area contributed by atoms with Crippen molar-refractivity contribution in [3.63, 3.8) is 0 Å². The van der Waals surface area contributed by atoms with Crippen molar-refractivity contribution in [3.05, 3.63) is 17.8 Å². The van der Waals surface area contributed by atoms with E-state index >= 15 is 0 Å². The van der Waals surface area contributed by atoms with Gasteiger partial charge in [-0.15, -0.1) is 5.10 Å². The lowest BCUT2D eigenvalue weighted by Gasteiger charge is -2.10. The van der Waals surface area contributed by atoms with Gasteiger partial charge >= 0.3 is 0 Å². The van der Waals surface area contributed by atoms with Crippen LogP contribution in [0.4, 0.5) is 0 Å². The molecule has 0 spiro atoms. The first-order valence-corrected chi connectivity index (χ1v) is 7.04. The highest BCUT2D eigenvalue weighted by atomic mass is 16.5. The van der Waals surface area contributed by atoms with E-state index in [1.165, 1.54) is 25.7 Å². The van der Waals surface area contributed by atoms with Crippen LogP contribution in [0.1, 0.15) is 44.7 Å². The Labute approximate surface area is 109 Å². The van der Waals surface area contributed by atoms with Crippen molar-refractivity contribution < 1.29 is 4.74 Å². The van der Waals surface area contributed by atoms with Crippen LogP contribution >= 0.6 is 0 Å². The summed E-state index contributed by atoms with van der Waals surface area (Å²) in [6.45, 7) is 4.74. The van der Waals surface area contributed by atoms with Gasteiger partial charge in [0.05, 0.1) is 12.3 Å². The summed E-state index contributed by atoms with van der Waals surface area (Å²) in [4.78, 5) is 0. The molecular formula is C14H23N3O. The molecule has 1 fully saturated rings. The Morgan fingerprint density at radius 3 is 2.78 bits per heavy atom. The van der Waals surface area contributed by atoms with Gasteiger partial charge in [-0.3, -0.25) is 0 Å². The predicted molar refractivity (Wildman–Crippen MR) is 71.5 cm³/mol. The molecule has 1 saturated carbocycles. The van der Waals surface area contributed by atoms with Crippen LogP contribution in [-0.2, 0) is 6.54 Å². The zero-order chi connectivity index (χ0) is 12.6. The van der Waals surface area contributed by atoms with Gasteiger partial charge in [-0.25, -0.2) is 0 Å². The molecule has 1 aliphatic carbocycles. The maximum atomic E-state index is 5.68. The van der Waals surface area contributed by atoms with E-state index in [9.17, 15) is 0 Å². The highest BCUT2D eigenvalue weighted by Gasteiger charge is 2.15. The normalized spacial score (nSPS) is 16.1. The van der Waals surface area contributed by atoms with Crippen molar-refractivity contribution >= 4 is 0 Å². The van der Waals surface area contributed by atoms with Crippen LogP contribution in [0.5, 0.6) is 5.88 Å². The molecule has 1 N–H and O–H groups in total. The van der Waals surface area contributed by atoms with E-state index < -0.39 is 0 Å². The van der Waals surface area contributed by atoms with E-state index in [0.29, 0.717) is 5.88 Å². The van der Waals surface area contributed by atoms with E-state index in [-0.39, 0.29) is 0 Å². The number of rotatable bonds is 7. The van der Waals surface area contributed by atoms with E-state index in [2.05, 4.69) is 22.4 Å². The summed E-state index contributed by atoms with van der Waals surface area (Å²) in [5.74, 6) is 1.37. The summed E-state index contributed by atoms with van der Waals surface area (Å²) in [5, 5.41) is 11.6.